The Balaban J connectivity index is 1.86. The molecule has 0 atom stereocenters. The fourth-order valence-electron chi connectivity index (χ4n) is 2.46. The van der Waals surface area contributed by atoms with Crippen molar-refractivity contribution in [3.63, 3.8) is 0 Å². The van der Waals surface area contributed by atoms with Crippen molar-refractivity contribution in [2.24, 2.45) is 4.99 Å². The van der Waals surface area contributed by atoms with Crippen LogP contribution in [0.1, 0.15) is 0 Å². The Morgan fingerprint density at radius 2 is 2.00 bits per heavy atom. The number of hydrogen-bond donors (Lipinski definition) is 0. The van der Waals surface area contributed by atoms with Gasteiger partial charge in [0.05, 0.1) is 28.8 Å². The summed E-state index contributed by atoms with van der Waals surface area (Å²) in [6, 6.07) is 11.2. The molecule has 0 unspecified atom stereocenters. The molecule has 1 amide bonds. The summed E-state index contributed by atoms with van der Waals surface area (Å²) in [6.07, 6.45) is 5.41. The summed E-state index contributed by atoms with van der Waals surface area (Å²) in [7, 11) is 1.56. The first-order valence-electron chi connectivity index (χ1n) is 8.07. The zero-order valence-electron chi connectivity index (χ0n) is 14.8. The van der Waals surface area contributed by atoms with Crippen molar-refractivity contribution in [2.75, 3.05) is 13.7 Å². The molecule has 142 valence electrons. The van der Waals surface area contributed by atoms with Gasteiger partial charge in [-0.1, -0.05) is 17.3 Å². The molecule has 0 aliphatic carbocycles. The molecule has 0 saturated carbocycles. The number of benzene rings is 2. The Hall–Kier alpha value is -3.64. The van der Waals surface area contributed by atoms with E-state index in [0.717, 1.165) is 11.3 Å². The van der Waals surface area contributed by atoms with Crippen molar-refractivity contribution in [2.45, 2.75) is 6.54 Å². The van der Waals surface area contributed by atoms with Gasteiger partial charge >= 0.3 is 0 Å². The minimum absolute atomic E-state index is 0.0395. The van der Waals surface area contributed by atoms with E-state index in [0.29, 0.717) is 26.5 Å². The Morgan fingerprint density at radius 1 is 1.29 bits per heavy atom. The maximum atomic E-state index is 12.2. The van der Waals surface area contributed by atoms with Crippen molar-refractivity contribution in [3.8, 4) is 23.8 Å². The van der Waals surface area contributed by atoms with Gasteiger partial charge in [-0.05, 0) is 30.3 Å². The van der Waals surface area contributed by atoms with E-state index in [-0.39, 0.29) is 18.8 Å². The molecular formula is C19H15N3O5S. The minimum atomic E-state index is -0.498. The Morgan fingerprint density at radius 3 is 2.64 bits per heavy atom. The first kappa shape index (κ1) is 19.1. The van der Waals surface area contributed by atoms with Gasteiger partial charge in [-0.15, -0.1) is 6.42 Å². The maximum Gasteiger partial charge on any atom is 0.286 e. The standard InChI is InChI=1S/C19H15N3O5S/c1-3-10-21-16-9-4-13(22(24)25)11-17(16)28-19(21)20-18(23)12-27-15-7-5-14(26-2)6-8-15/h1,4-9,11H,10,12H2,2H3. The second kappa shape index (κ2) is 8.37. The predicted molar refractivity (Wildman–Crippen MR) is 104 cm³/mol. The number of terminal acetylenes is 1. The van der Waals surface area contributed by atoms with E-state index in [9.17, 15) is 14.9 Å². The second-order valence-electron chi connectivity index (χ2n) is 5.55. The van der Waals surface area contributed by atoms with Gasteiger partial charge < -0.3 is 14.0 Å². The molecule has 3 rings (SSSR count). The fraction of sp³-hybridized carbons (Fsp3) is 0.158. The molecule has 0 spiro atoms. The van der Waals surface area contributed by atoms with E-state index < -0.39 is 10.8 Å². The summed E-state index contributed by atoms with van der Waals surface area (Å²) in [5, 5.41) is 11.0. The minimum Gasteiger partial charge on any atom is -0.497 e. The van der Waals surface area contributed by atoms with Crippen LogP contribution in [0, 0.1) is 22.5 Å². The van der Waals surface area contributed by atoms with Crippen LogP contribution >= 0.6 is 11.3 Å². The Labute approximate surface area is 163 Å². The van der Waals surface area contributed by atoms with Gasteiger partial charge in [0.1, 0.15) is 11.5 Å². The molecule has 3 aromatic rings. The lowest BCUT2D eigenvalue weighted by Crippen LogP contribution is -2.19. The van der Waals surface area contributed by atoms with E-state index >= 15 is 0 Å². The van der Waals surface area contributed by atoms with Crippen LogP contribution in [-0.4, -0.2) is 29.1 Å². The molecule has 8 nitrogen and oxygen atoms in total. The van der Waals surface area contributed by atoms with E-state index in [2.05, 4.69) is 10.9 Å². The van der Waals surface area contributed by atoms with Gasteiger partial charge in [-0.3, -0.25) is 14.9 Å². The van der Waals surface area contributed by atoms with Crippen molar-refractivity contribution >= 4 is 33.1 Å². The Bertz CT molecular complexity index is 1140. The van der Waals surface area contributed by atoms with Crippen LogP contribution in [0.15, 0.2) is 47.5 Å². The molecular weight excluding hydrogens is 382 g/mol. The number of amides is 1. The van der Waals surface area contributed by atoms with Crippen LogP contribution < -0.4 is 14.3 Å². The van der Waals surface area contributed by atoms with Gasteiger partial charge in [0.25, 0.3) is 11.6 Å². The lowest BCUT2D eigenvalue weighted by molar-refractivity contribution is -0.384. The summed E-state index contributed by atoms with van der Waals surface area (Å²) in [5.74, 6) is 3.19. The second-order valence-corrected chi connectivity index (χ2v) is 6.56. The fourth-order valence-corrected chi connectivity index (χ4v) is 3.54. The number of nitrogens with zero attached hydrogens (tertiary/aromatic N) is 3. The number of fused-ring (bicyclic) bond motifs is 1. The first-order chi connectivity index (χ1) is 13.5. The number of aromatic nitrogens is 1. The van der Waals surface area contributed by atoms with Crippen molar-refractivity contribution in [3.05, 3.63) is 57.4 Å². The highest BCUT2D eigenvalue weighted by molar-refractivity contribution is 7.16. The number of nitro benzene ring substituents is 1. The highest BCUT2D eigenvalue weighted by Crippen LogP contribution is 2.23. The normalized spacial score (nSPS) is 11.2. The molecule has 1 heterocycles. The van der Waals surface area contributed by atoms with Gasteiger partial charge in [-0.2, -0.15) is 4.99 Å². The first-order valence-corrected chi connectivity index (χ1v) is 8.89. The SMILES string of the molecule is C#CCn1c(=NC(=O)COc2ccc(OC)cc2)sc2cc([N+](=O)[O-])ccc21. The Kier molecular flexibility index (Phi) is 5.72. The van der Waals surface area contributed by atoms with Crippen LogP contribution in [0.25, 0.3) is 10.2 Å². The van der Waals surface area contributed by atoms with E-state index in [4.69, 9.17) is 15.9 Å². The number of ether oxygens (including phenoxy) is 2. The smallest absolute Gasteiger partial charge is 0.286 e. The monoisotopic (exact) mass is 397 g/mol. The van der Waals surface area contributed by atoms with Crippen LogP contribution in [-0.2, 0) is 11.3 Å². The number of carbonyl (C=O) groups is 1. The lowest BCUT2D eigenvalue weighted by atomic mass is 10.3. The zero-order valence-corrected chi connectivity index (χ0v) is 15.6. The van der Waals surface area contributed by atoms with Crippen molar-refractivity contribution in [1.82, 2.24) is 4.57 Å². The summed E-state index contributed by atoms with van der Waals surface area (Å²) >= 11 is 1.15. The molecule has 28 heavy (non-hydrogen) atoms. The van der Waals surface area contributed by atoms with Gasteiger partial charge in [-0.25, -0.2) is 0 Å². The number of hydrogen-bond acceptors (Lipinski definition) is 6. The maximum absolute atomic E-state index is 12.2. The predicted octanol–water partition coefficient (Wildman–Crippen LogP) is 2.76. The number of non-ortho nitro benzene ring substituents is 1. The summed E-state index contributed by atoms with van der Waals surface area (Å²) in [4.78, 5) is 27.2. The van der Waals surface area contributed by atoms with Gasteiger partial charge in [0.2, 0.25) is 0 Å². The average molecular weight is 397 g/mol. The summed E-state index contributed by atoms with van der Waals surface area (Å²) in [5.41, 5.74) is 0.637. The summed E-state index contributed by atoms with van der Waals surface area (Å²) < 4.78 is 12.8. The summed E-state index contributed by atoms with van der Waals surface area (Å²) in [6.45, 7) is -0.0694. The molecule has 0 fully saturated rings. The van der Waals surface area contributed by atoms with E-state index in [1.165, 1.54) is 12.1 Å². The topological polar surface area (TPSA) is 96.0 Å². The lowest BCUT2D eigenvalue weighted by Gasteiger charge is -2.04. The highest BCUT2D eigenvalue weighted by Gasteiger charge is 2.12. The third-order valence-corrected chi connectivity index (χ3v) is 4.81. The molecule has 0 aliphatic heterocycles. The molecule has 9 heteroatoms. The molecule has 0 radical (unpaired) electrons. The van der Waals surface area contributed by atoms with Gasteiger partial charge in [0, 0.05) is 12.1 Å². The van der Waals surface area contributed by atoms with Crippen LogP contribution in [0.4, 0.5) is 5.69 Å². The number of nitro groups is 1. The van der Waals surface area contributed by atoms with Crippen molar-refractivity contribution < 1.29 is 19.2 Å². The number of carbonyl (C=O) groups excluding carboxylic acids is 1. The molecule has 1 aromatic heterocycles. The molecule has 0 aliphatic rings. The molecule has 2 aromatic carbocycles. The van der Waals surface area contributed by atoms with Crippen molar-refractivity contribution in [1.29, 1.82) is 0 Å². The zero-order chi connectivity index (χ0) is 20.1. The van der Waals surface area contributed by atoms with E-state index in [1.807, 2.05) is 0 Å². The third kappa shape index (κ3) is 4.19. The average Bonchev–Trinajstić information content (AvgIpc) is 3.03. The highest BCUT2D eigenvalue weighted by atomic mass is 32.1. The van der Waals surface area contributed by atoms with E-state index in [1.54, 1.807) is 42.0 Å². The number of thiazole rings is 1. The largest absolute Gasteiger partial charge is 0.497 e. The third-order valence-electron chi connectivity index (χ3n) is 3.77. The molecule has 0 N–H and O–H groups in total. The van der Waals surface area contributed by atoms with Crippen LogP contribution in [0.5, 0.6) is 11.5 Å². The van der Waals surface area contributed by atoms with Crippen LogP contribution in [0.3, 0.4) is 0 Å². The number of methoxy groups -OCH3 is 1. The van der Waals surface area contributed by atoms with Crippen LogP contribution in [0.2, 0.25) is 0 Å². The number of rotatable bonds is 6. The molecule has 0 saturated heterocycles. The molecule has 0 bridgehead atoms. The van der Waals surface area contributed by atoms with Gasteiger partial charge in [0.15, 0.2) is 11.4 Å². The quantitative estimate of drug-likeness (QED) is 0.362.